The van der Waals surface area contributed by atoms with Crippen molar-refractivity contribution in [1.82, 2.24) is 5.32 Å². The standard InChI is InChI=1S/C16H23NO3/c1-3-4-5-13-6-8-14(9-7-13)16(20)17-11-12(2)10-15(18)19/h6-9,12H,3-5,10-11H2,1-2H3,(H,17,20)(H,18,19). The number of amides is 1. The molecule has 1 atom stereocenters. The summed E-state index contributed by atoms with van der Waals surface area (Å²) in [7, 11) is 0. The van der Waals surface area contributed by atoms with Gasteiger partial charge in [-0.25, -0.2) is 0 Å². The van der Waals surface area contributed by atoms with Gasteiger partial charge in [0.05, 0.1) is 0 Å². The molecule has 1 aromatic carbocycles. The molecule has 0 spiro atoms. The molecule has 0 heterocycles. The third-order valence-electron chi connectivity index (χ3n) is 3.17. The predicted octanol–water partition coefficient (Wildman–Crippen LogP) is 2.87. The summed E-state index contributed by atoms with van der Waals surface area (Å²) in [5.41, 5.74) is 1.86. The molecule has 2 N–H and O–H groups in total. The van der Waals surface area contributed by atoms with Crippen molar-refractivity contribution in [1.29, 1.82) is 0 Å². The summed E-state index contributed by atoms with van der Waals surface area (Å²) in [6, 6.07) is 7.60. The molecule has 110 valence electrons. The molecule has 0 saturated heterocycles. The van der Waals surface area contributed by atoms with Crippen molar-refractivity contribution >= 4 is 11.9 Å². The van der Waals surface area contributed by atoms with Crippen molar-refractivity contribution in [2.75, 3.05) is 6.54 Å². The molecule has 0 radical (unpaired) electrons. The highest BCUT2D eigenvalue weighted by molar-refractivity contribution is 5.94. The van der Waals surface area contributed by atoms with Crippen molar-refractivity contribution in [2.45, 2.75) is 39.5 Å². The number of nitrogens with one attached hydrogen (secondary N) is 1. The molecule has 0 bridgehead atoms. The van der Waals surface area contributed by atoms with E-state index in [9.17, 15) is 9.59 Å². The lowest BCUT2D eigenvalue weighted by atomic mass is 10.1. The van der Waals surface area contributed by atoms with Crippen LogP contribution in [0.3, 0.4) is 0 Å². The number of carbonyl (C=O) groups excluding carboxylic acids is 1. The SMILES string of the molecule is CCCCc1ccc(C(=O)NCC(C)CC(=O)O)cc1. The quantitative estimate of drug-likeness (QED) is 0.768. The molecule has 20 heavy (non-hydrogen) atoms. The van der Waals surface area contributed by atoms with Crippen molar-refractivity contribution in [3.63, 3.8) is 0 Å². The Morgan fingerprint density at radius 2 is 1.90 bits per heavy atom. The monoisotopic (exact) mass is 277 g/mol. The maximum atomic E-state index is 11.9. The van der Waals surface area contributed by atoms with E-state index in [1.165, 1.54) is 5.56 Å². The predicted molar refractivity (Wildman–Crippen MR) is 78.8 cm³/mol. The van der Waals surface area contributed by atoms with E-state index in [1.54, 1.807) is 0 Å². The van der Waals surface area contributed by atoms with E-state index in [0.717, 1.165) is 19.3 Å². The van der Waals surface area contributed by atoms with Gasteiger partial charge in [-0.05, 0) is 36.5 Å². The second-order valence-corrected chi connectivity index (χ2v) is 5.21. The van der Waals surface area contributed by atoms with Crippen LogP contribution in [0.5, 0.6) is 0 Å². The molecule has 1 amide bonds. The van der Waals surface area contributed by atoms with E-state index >= 15 is 0 Å². The maximum Gasteiger partial charge on any atom is 0.303 e. The molecule has 0 aromatic heterocycles. The Bertz CT molecular complexity index is 440. The zero-order valence-corrected chi connectivity index (χ0v) is 12.2. The summed E-state index contributed by atoms with van der Waals surface area (Å²) in [6.07, 6.45) is 3.41. The molecule has 4 nitrogen and oxygen atoms in total. The first-order valence-corrected chi connectivity index (χ1v) is 7.11. The first-order valence-electron chi connectivity index (χ1n) is 7.11. The Morgan fingerprint density at radius 1 is 1.25 bits per heavy atom. The van der Waals surface area contributed by atoms with Crippen LogP contribution in [-0.2, 0) is 11.2 Å². The third-order valence-corrected chi connectivity index (χ3v) is 3.17. The Kier molecular flexibility index (Phi) is 6.77. The summed E-state index contributed by atoms with van der Waals surface area (Å²) in [5.74, 6) is -1.06. The van der Waals surface area contributed by atoms with Crippen LogP contribution in [0.4, 0.5) is 0 Å². The highest BCUT2D eigenvalue weighted by Gasteiger charge is 2.10. The Morgan fingerprint density at radius 3 is 2.45 bits per heavy atom. The molecule has 4 heteroatoms. The second-order valence-electron chi connectivity index (χ2n) is 5.21. The zero-order valence-electron chi connectivity index (χ0n) is 12.2. The lowest BCUT2D eigenvalue weighted by Crippen LogP contribution is -2.29. The number of hydrogen-bond acceptors (Lipinski definition) is 2. The third kappa shape index (κ3) is 5.87. The lowest BCUT2D eigenvalue weighted by Gasteiger charge is -2.10. The smallest absolute Gasteiger partial charge is 0.303 e. The van der Waals surface area contributed by atoms with E-state index in [1.807, 2.05) is 31.2 Å². The number of hydrogen-bond donors (Lipinski definition) is 2. The van der Waals surface area contributed by atoms with Gasteiger partial charge in [0.25, 0.3) is 5.91 Å². The molecule has 1 aromatic rings. The fourth-order valence-electron chi connectivity index (χ4n) is 1.94. The van der Waals surface area contributed by atoms with Crippen LogP contribution >= 0.6 is 0 Å². The molecule has 0 aliphatic heterocycles. The number of benzene rings is 1. The largest absolute Gasteiger partial charge is 0.481 e. The summed E-state index contributed by atoms with van der Waals surface area (Å²) in [6.45, 7) is 4.34. The van der Waals surface area contributed by atoms with Crippen LogP contribution in [0.1, 0.15) is 49.0 Å². The van der Waals surface area contributed by atoms with Crippen molar-refractivity contribution in [2.24, 2.45) is 5.92 Å². The van der Waals surface area contributed by atoms with Gasteiger partial charge >= 0.3 is 5.97 Å². The van der Waals surface area contributed by atoms with Crippen LogP contribution < -0.4 is 5.32 Å². The number of carboxylic acids is 1. The van der Waals surface area contributed by atoms with Crippen LogP contribution in [0, 0.1) is 5.92 Å². The molecule has 1 unspecified atom stereocenters. The highest BCUT2D eigenvalue weighted by Crippen LogP contribution is 2.08. The van der Waals surface area contributed by atoms with Crippen LogP contribution in [0.15, 0.2) is 24.3 Å². The average molecular weight is 277 g/mol. The van der Waals surface area contributed by atoms with Gasteiger partial charge in [0.15, 0.2) is 0 Å². The summed E-state index contributed by atoms with van der Waals surface area (Å²) in [5, 5.41) is 11.4. The van der Waals surface area contributed by atoms with Gasteiger partial charge in [-0.15, -0.1) is 0 Å². The maximum absolute atomic E-state index is 11.9. The minimum Gasteiger partial charge on any atom is -0.481 e. The van der Waals surface area contributed by atoms with Crippen molar-refractivity contribution < 1.29 is 14.7 Å². The molecule has 0 fully saturated rings. The molecule has 0 saturated carbocycles. The number of aliphatic carboxylic acids is 1. The Balaban J connectivity index is 2.45. The highest BCUT2D eigenvalue weighted by atomic mass is 16.4. The number of unbranched alkanes of at least 4 members (excludes halogenated alkanes) is 1. The number of aryl methyl sites for hydroxylation is 1. The average Bonchev–Trinajstić information content (AvgIpc) is 2.42. The second kappa shape index (κ2) is 8.35. The number of carbonyl (C=O) groups is 2. The van der Waals surface area contributed by atoms with Gasteiger partial charge in [-0.3, -0.25) is 9.59 Å². The lowest BCUT2D eigenvalue weighted by molar-refractivity contribution is -0.137. The first kappa shape index (κ1) is 16.2. The summed E-state index contributed by atoms with van der Waals surface area (Å²) in [4.78, 5) is 22.4. The number of carboxylic acid groups (broad SMARTS) is 1. The van der Waals surface area contributed by atoms with Gasteiger partial charge in [-0.1, -0.05) is 32.4 Å². The molecule has 0 aliphatic rings. The van der Waals surface area contributed by atoms with Gasteiger partial charge in [0.1, 0.15) is 0 Å². The molecular weight excluding hydrogens is 254 g/mol. The first-order chi connectivity index (χ1) is 9.52. The summed E-state index contributed by atoms with van der Waals surface area (Å²) >= 11 is 0. The topological polar surface area (TPSA) is 66.4 Å². The van der Waals surface area contributed by atoms with E-state index < -0.39 is 5.97 Å². The fraction of sp³-hybridized carbons (Fsp3) is 0.500. The zero-order chi connectivity index (χ0) is 15.0. The number of rotatable bonds is 8. The van der Waals surface area contributed by atoms with Crippen LogP contribution in [0.2, 0.25) is 0 Å². The normalized spacial score (nSPS) is 11.9. The van der Waals surface area contributed by atoms with E-state index in [0.29, 0.717) is 12.1 Å². The van der Waals surface area contributed by atoms with Crippen molar-refractivity contribution in [3.05, 3.63) is 35.4 Å². The molecule has 1 rings (SSSR count). The van der Waals surface area contributed by atoms with E-state index in [2.05, 4.69) is 12.2 Å². The molecule has 0 aliphatic carbocycles. The van der Waals surface area contributed by atoms with Gasteiger partial charge in [0, 0.05) is 18.5 Å². The van der Waals surface area contributed by atoms with Crippen LogP contribution in [0.25, 0.3) is 0 Å². The van der Waals surface area contributed by atoms with E-state index in [4.69, 9.17) is 5.11 Å². The van der Waals surface area contributed by atoms with Crippen LogP contribution in [-0.4, -0.2) is 23.5 Å². The fourth-order valence-corrected chi connectivity index (χ4v) is 1.94. The minimum absolute atomic E-state index is 0.0657. The minimum atomic E-state index is -0.841. The Hall–Kier alpha value is -1.84. The molecular formula is C16H23NO3. The summed E-state index contributed by atoms with van der Waals surface area (Å²) < 4.78 is 0. The van der Waals surface area contributed by atoms with Gasteiger partial charge in [0.2, 0.25) is 0 Å². The van der Waals surface area contributed by atoms with Gasteiger partial charge in [-0.2, -0.15) is 0 Å². The van der Waals surface area contributed by atoms with Gasteiger partial charge < -0.3 is 10.4 Å². The Labute approximate surface area is 120 Å². The van der Waals surface area contributed by atoms with Crippen molar-refractivity contribution in [3.8, 4) is 0 Å². The van der Waals surface area contributed by atoms with E-state index in [-0.39, 0.29) is 18.2 Å².